The van der Waals surface area contributed by atoms with E-state index in [4.69, 9.17) is 50.4 Å². The van der Waals surface area contributed by atoms with Crippen LogP contribution in [0, 0.1) is 5.92 Å². The van der Waals surface area contributed by atoms with Crippen LogP contribution in [0.1, 0.15) is 97.2 Å². The Labute approximate surface area is 442 Å². The van der Waals surface area contributed by atoms with Gasteiger partial charge in [0.15, 0.2) is 34.0 Å². The molecule has 406 valence electrons. The van der Waals surface area contributed by atoms with Crippen LogP contribution in [0.15, 0.2) is 76.5 Å². The number of nitrogens with one attached hydrogen (secondary N) is 4. The number of fused-ring (bicyclic) bond motifs is 4. The Morgan fingerprint density at radius 1 is 0.974 bits per heavy atom. The number of nitrogen functional groups attached to an aromatic ring is 1. The van der Waals surface area contributed by atoms with Gasteiger partial charge in [-0.2, -0.15) is 0 Å². The van der Waals surface area contributed by atoms with Crippen LogP contribution in [0.2, 0.25) is 0 Å². The number of carbonyl (C=O) groups excluding carboxylic acids is 2. The van der Waals surface area contributed by atoms with Gasteiger partial charge in [0.25, 0.3) is 5.91 Å². The molecule has 4 aliphatic rings. The average molecular weight is 1090 g/mol. The molecule has 1 aliphatic carbocycles. The number of rotatable bonds is 20. The van der Waals surface area contributed by atoms with Crippen molar-refractivity contribution in [2.24, 2.45) is 5.92 Å². The second kappa shape index (κ2) is 22.8. The monoisotopic (exact) mass is 1090 g/mol. The average Bonchev–Trinajstić information content (AvgIpc) is 4.04. The summed E-state index contributed by atoms with van der Waals surface area (Å²) >= 11 is 5.55. The summed E-state index contributed by atoms with van der Waals surface area (Å²) in [4.78, 5) is 64.6. The number of hydrogen-bond donors (Lipinski definition) is 7. The SMILES string of the molecule is CC[C@H](C)[C@H](NC(=O)OC(C)(C)C)C(=O)NP(=O)(OCCCCCCNC(=S)Nc1ccc(-c2c3ccc(=O)cc-3oc3cc(O)ccc23)c(C(=O)O)c1)OC[C@H]1O[C@@H](n2cnc3c(N)ncnc32)[C@@H]2OC(C)(C)O[C@@H]21. The van der Waals surface area contributed by atoms with Crippen molar-refractivity contribution in [2.45, 2.75) is 123 Å². The van der Waals surface area contributed by atoms with Gasteiger partial charge in [0.1, 0.15) is 58.9 Å². The van der Waals surface area contributed by atoms with Crippen molar-refractivity contribution in [2.75, 3.05) is 30.8 Å². The first-order valence-corrected chi connectivity index (χ1v) is 26.7. The van der Waals surface area contributed by atoms with Gasteiger partial charge in [0.2, 0.25) is 0 Å². The summed E-state index contributed by atoms with van der Waals surface area (Å²) in [5.41, 5.74) is 7.72. The maximum Gasteiger partial charge on any atom is 0.435 e. The molecule has 2 amide bonds. The van der Waals surface area contributed by atoms with E-state index in [0.29, 0.717) is 77.6 Å². The number of anilines is 2. The number of aromatic hydroxyl groups is 1. The Hall–Kier alpha value is -6.79. The minimum absolute atomic E-state index is 0.0392. The second-order valence-corrected chi connectivity index (χ2v) is 22.1. The molecule has 2 saturated heterocycles. The number of aromatic nitrogens is 4. The van der Waals surface area contributed by atoms with Gasteiger partial charge in [-0.1, -0.05) is 39.2 Å². The molecule has 5 heterocycles. The van der Waals surface area contributed by atoms with Crippen LogP contribution in [-0.2, 0) is 37.4 Å². The molecule has 23 nitrogen and oxygen atoms in total. The number of carboxylic acids is 1. The number of carboxylic acid groups (broad SMARTS) is 1. The maximum absolute atomic E-state index is 14.7. The van der Waals surface area contributed by atoms with Gasteiger partial charge >= 0.3 is 19.8 Å². The molecule has 8 N–H and O–H groups in total. The van der Waals surface area contributed by atoms with Crippen molar-refractivity contribution in [3.63, 3.8) is 0 Å². The lowest BCUT2D eigenvalue weighted by atomic mass is 9.90. The van der Waals surface area contributed by atoms with E-state index < -0.39 is 73.6 Å². The number of imidazole rings is 1. The Balaban J connectivity index is 0.885. The first kappa shape index (κ1) is 55.4. The van der Waals surface area contributed by atoms with Crippen LogP contribution in [0.4, 0.5) is 16.3 Å². The number of aromatic carboxylic acids is 1. The third kappa shape index (κ3) is 12.9. The number of benzene rings is 3. The number of hydrogen-bond acceptors (Lipinski definition) is 18. The van der Waals surface area contributed by atoms with Gasteiger partial charge in [-0.15, -0.1) is 0 Å². The number of amides is 2. The van der Waals surface area contributed by atoms with Crippen molar-refractivity contribution in [3.8, 4) is 28.2 Å². The zero-order valence-electron chi connectivity index (χ0n) is 43.0. The maximum atomic E-state index is 14.7. The van der Waals surface area contributed by atoms with Crippen LogP contribution < -0.4 is 32.2 Å². The third-order valence-electron chi connectivity index (χ3n) is 12.7. The number of unbranched alkanes of at least 4 members (excludes halogenated alkanes) is 3. The van der Waals surface area contributed by atoms with Gasteiger partial charge < -0.3 is 55.3 Å². The molecule has 3 aliphatic heterocycles. The molecule has 1 unspecified atom stereocenters. The number of alkyl carbamates (subject to hydrolysis) is 1. The van der Waals surface area contributed by atoms with Crippen LogP contribution in [0.3, 0.4) is 0 Å². The molecule has 0 saturated carbocycles. The fourth-order valence-electron chi connectivity index (χ4n) is 9.00. The molecule has 0 bridgehead atoms. The largest absolute Gasteiger partial charge is 0.508 e. The Morgan fingerprint density at radius 3 is 2.47 bits per heavy atom. The third-order valence-corrected chi connectivity index (χ3v) is 14.4. The van der Waals surface area contributed by atoms with Crippen molar-refractivity contribution in [1.82, 2.24) is 35.2 Å². The lowest BCUT2D eigenvalue weighted by Gasteiger charge is -2.28. The summed E-state index contributed by atoms with van der Waals surface area (Å²) in [6.07, 6.45) is 1.70. The summed E-state index contributed by atoms with van der Waals surface area (Å²) in [6.45, 7) is 12.2. The van der Waals surface area contributed by atoms with Gasteiger partial charge in [-0.3, -0.25) is 28.3 Å². The van der Waals surface area contributed by atoms with E-state index in [1.807, 2.05) is 6.92 Å². The summed E-state index contributed by atoms with van der Waals surface area (Å²) in [6, 6.07) is 12.4. The highest BCUT2D eigenvalue weighted by atomic mass is 32.1. The Bertz CT molecular complexity index is 3220. The van der Waals surface area contributed by atoms with E-state index in [1.165, 1.54) is 43.0 Å². The second-order valence-electron chi connectivity index (χ2n) is 20.0. The summed E-state index contributed by atoms with van der Waals surface area (Å²) in [7, 11) is -4.50. The molecule has 0 spiro atoms. The Kier molecular flexibility index (Phi) is 16.6. The molecule has 0 radical (unpaired) electrons. The summed E-state index contributed by atoms with van der Waals surface area (Å²) in [5, 5.41) is 32.6. The minimum atomic E-state index is -4.50. The topological polar surface area (TPSA) is 312 Å². The molecule has 2 fully saturated rings. The zero-order valence-corrected chi connectivity index (χ0v) is 44.7. The van der Waals surface area contributed by atoms with Crippen LogP contribution >= 0.6 is 20.0 Å². The van der Waals surface area contributed by atoms with E-state index in [1.54, 1.807) is 70.4 Å². The van der Waals surface area contributed by atoms with Crippen molar-refractivity contribution in [1.29, 1.82) is 0 Å². The number of nitrogens with two attached hydrogens (primary N) is 1. The number of nitrogens with zero attached hydrogens (tertiary/aromatic N) is 4. The van der Waals surface area contributed by atoms with E-state index in [-0.39, 0.29) is 52.2 Å². The van der Waals surface area contributed by atoms with E-state index >= 15 is 0 Å². The molecule has 2 aromatic heterocycles. The summed E-state index contributed by atoms with van der Waals surface area (Å²) < 4.78 is 58.7. The molecule has 2 aromatic carbocycles. The van der Waals surface area contributed by atoms with E-state index in [0.717, 1.165) is 0 Å². The minimum Gasteiger partial charge on any atom is -0.508 e. The van der Waals surface area contributed by atoms with Crippen molar-refractivity contribution < 1.29 is 61.6 Å². The highest BCUT2D eigenvalue weighted by Gasteiger charge is 2.57. The molecule has 76 heavy (non-hydrogen) atoms. The lowest BCUT2D eigenvalue weighted by molar-refractivity contribution is -0.199. The fourth-order valence-corrected chi connectivity index (χ4v) is 10.5. The number of carbonyl (C=O) groups is 3. The molecular weight excluding hydrogens is 1030 g/mol. The smallest absolute Gasteiger partial charge is 0.435 e. The number of phenolic OH excluding ortho intramolecular Hbond substituents is 1. The first-order valence-electron chi connectivity index (χ1n) is 24.8. The molecule has 25 heteroatoms. The highest BCUT2D eigenvalue weighted by Crippen LogP contribution is 2.49. The molecule has 8 rings (SSSR count). The van der Waals surface area contributed by atoms with Crippen molar-refractivity contribution >= 4 is 76.7 Å². The van der Waals surface area contributed by atoms with Gasteiger partial charge in [-0.05, 0) is 108 Å². The van der Waals surface area contributed by atoms with Crippen LogP contribution in [-0.4, -0.2) is 108 Å². The van der Waals surface area contributed by atoms with Gasteiger partial charge in [0, 0.05) is 40.9 Å². The highest BCUT2D eigenvalue weighted by molar-refractivity contribution is 7.80. The number of phenols is 1. The predicted molar refractivity (Wildman–Crippen MR) is 284 cm³/mol. The molecule has 7 atom stereocenters. The fraction of sp³-hybridized carbons (Fsp3) is 0.451. The number of ether oxygens (including phenoxy) is 4. The zero-order chi connectivity index (χ0) is 54.7. The molecule has 4 aromatic rings. The lowest BCUT2D eigenvalue weighted by Crippen LogP contribution is -2.51. The normalized spacial score (nSPS) is 19.7. The Morgan fingerprint density at radius 2 is 1.72 bits per heavy atom. The molecular formula is C51H62N9O14PS. The number of thiocarbonyl (C=S) groups is 1. The predicted octanol–water partition coefficient (Wildman–Crippen LogP) is 7.85. The van der Waals surface area contributed by atoms with E-state index in [9.17, 15) is 34.0 Å². The van der Waals surface area contributed by atoms with Crippen molar-refractivity contribution in [3.05, 3.63) is 83.0 Å². The quantitative estimate of drug-likeness (QED) is 0.0166. The summed E-state index contributed by atoms with van der Waals surface area (Å²) in [5.74, 6) is -3.10. The van der Waals surface area contributed by atoms with Gasteiger partial charge in [-0.25, -0.2) is 29.1 Å². The van der Waals surface area contributed by atoms with Gasteiger partial charge in [0.05, 0.1) is 25.1 Å². The standard InChI is InChI=1S/C51H62N9O14PS/c1-8-27(2)39(58-49(66)74-50(3,4)5)45(63)59-75(67,69-24-37-41-42(73-51(6,7)72-41)46(71-37)60-26-56-40-43(52)54-25-55-44(40)60)68-20-12-10-9-11-19-53-48(76)57-28-13-16-31(34(21-28)47(64)65)38-32-17-14-29(61)22-35(32)70-36-23-30(62)15-18-33(36)38/h13-18,21-23,25-27,37,39,41-42,46,61H,8-12,19-20,24H2,1-7H3,(H,58,66)(H,64,65)(H2,52,54,55)(H2,53,57,76)(H,59,63,67)/t27-,37+,39-,41+,42+,46+,75?/m0/s1. The first-order chi connectivity index (χ1) is 36.0. The van der Waals surface area contributed by atoms with Crippen LogP contribution in [0.5, 0.6) is 5.75 Å². The van der Waals surface area contributed by atoms with E-state index in [2.05, 4.69) is 36.0 Å². The van der Waals surface area contributed by atoms with Crippen LogP contribution in [0.25, 0.3) is 44.6 Å².